The van der Waals surface area contributed by atoms with Crippen LogP contribution in [-0.2, 0) is 4.79 Å². The van der Waals surface area contributed by atoms with Crippen LogP contribution in [0.25, 0.3) is 0 Å². The smallest absolute Gasteiger partial charge is 0.258 e. The van der Waals surface area contributed by atoms with Gasteiger partial charge in [-0.1, -0.05) is 12.1 Å². The van der Waals surface area contributed by atoms with Gasteiger partial charge in [-0.05, 0) is 38.3 Å². The zero-order chi connectivity index (χ0) is 13.1. The van der Waals surface area contributed by atoms with Gasteiger partial charge >= 0.3 is 0 Å². The van der Waals surface area contributed by atoms with Gasteiger partial charge in [0.15, 0.2) is 6.61 Å². The molecular weight excluding hydrogens is 230 g/mol. The fourth-order valence-corrected chi connectivity index (χ4v) is 1.75. The summed E-state index contributed by atoms with van der Waals surface area (Å²) in [5.74, 6) is 0.478. The van der Waals surface area contributed by atoms with Crippen molar-refractivity contribution in [3.05, 3.63) is 29.3 Å². The molecule has 4 nitrogen and oxygen atoms in total. The Balaban J connectivity index is 1.98. The third-order valence-electron chi connectivity index (χ3n) is 2.92. The summed E-state index contributed by atoms with van der Waals surface area (Å²) in [5, 5.41) is 12.5. The van der Waals surface area contributed by atoms with Crippen LogP contribution in [0.3, 0.4) is 0 Å². The van der Waals surface area contributed by atoms with E-state index in [0.29, 0.717) is 17.4 Å². The highest BCUT2D eigenvalue weighted by Gasteiger charge is 2.23. The lowest BCUT2D eigenvalue weighted by Crippen LogP contribution is -2.30. The fourth-order valence-electron chi connectivity index (χ4n) is 1.75. The van der Waals surface area contributed by atoms with E-state index < -0.39 is 6.10 Å². The number of carbonyl (C=O) groups excluding carboxylic acids is 1. The van der Waals surface area contributed by atoms with Crippen molar-refractivity contribution >= 4 is 5.91 Å². The molecule has 4 heteroatoms. The van der Waals surface area contributed by atoms with Crippen molar-refractivity contribution in [2.75, 3.05) is 6.61 Å². The third kappa shape index (κ3) is 3.47. The van der Waals surface area contributed by atoms with E-state index in [1.807, 2.05) is 25.1 Å². The molecule has 0 spiro atoms. The van der Waals surface area contributed by atoms with Crippen LogP contribution in [0, 0.1) is 6.92 Å². The third-order valence-corrected chi connectivity index (χ3v) is 2.92. The molecule has 1 saturated carbocycles. The molecule has 0 aromatic heterocycles. The number of hydrogen-bond acceptors (Lipinski definition) is 3. The van der Waals surface area contributed by atoms with Gasteiger partial charge in [0.1, 0.15) is 5.75 Å². The molecule has 1 aromatic carbocycles. The number of rotatable bonds is 5. The summed E-state index contributed by atoms with van der Waals surface area (Å²) < 4.78 is 5.50. The lowest BCUT2D eigenvalue weighted by Gasteiger charge is -2.14. The minimum Gasteiger partial charge on any atom is -0.483 e. The predicted octanol–water partition coefficient (Wildman–Crippen LogP) is 1.71. The minimum absolute atomic E-state index is 0.000324. The SMILES string of the molecule is Cc1ccc([C@@H](C)O)c(OCC(=O)NC2CC2)c1. The highest BCUT2D eigenvalue weighted by Crippen LogP contribution is 2.26. The Morgan fingerprint density at radius 2 is 2.28 bits per heavy atom. The second kappa shape index (κ2) is 5.40. The van der Waals surface area contributed by atoms with Crippen LogP contribution in [0.2, 0.25) is 0 Å². The molecule has 98 valence electrons. The van der Waals surface area contributed by atoms with Crippen LogP contribution in [0.4, 0.5) is 0 Å². The number of aryl methyl sites for hydroxylation is 1. The average Bonchev–Trinajstić information content (AvgIpc) is 3.10. The van der Waals surface area contributed by atoms with Gasteiger partial charge in [-0.2, -0.15) is 0 Å². The second-order valence-electron chi connectivity index (χ2n) is 4.85. The average molecular weight is 249 g/mol. The maximum atomic E-state index is 11.5. The van der Waals surface area contributed by atoms with Gasteiger partial charge in [0, 0.05) is 11.6 Å². The molecule has 0 radical (unpaired) electrons. The van der Waals surface area contributed by atoms with E-state index in [0.717, 1.165) is 18.4 Å². The van der Waals surface area contributed by atoms with E-state index in [2.05, 4.69) is 5.32 Å². The number of aliphatic hydroxyl groups excluding tert-OH is 1. The lowest BCUT2D eigenvalue weighted by molar-refractivity contribution is -0.123. The van der Waals surface area contributed by atoms with Crippen molar-refractivity contribution in [3.8, 4) is 5.75 Å². The number of benzene rings is 1. The van der Waals surface area contributed by atoms with Crippen molar-refractivity contribution in [3.63, 3.8) is 0 Å². The maximum Gasteiger partial charge on any atom is 0.258 e. The summed E-state index contributed by atoms with van der Waals surface area (Å²) in [5.41, 5.74) is 1.75. The Hall–Kier alpha value is -1.55. The molecule has 2 N–H and O–H groups in total. The number of hydrogen-bond donors (Lipinski definition) is 2. The van der Waals surface area contributed by atoms with Gasteiger partial charge in [-0.3, -0.25) is 4.79 Å². The highest BCUT2D eigenvalue weighted by molar-refractivity contribution is 5.78. The summed E-state index contributed by atoms with van der Waals surface area (Å²) in [6, 6.07) is 5.93. The monoisotopic (exact) mass is 249 g/mol. The van der Waals surface area contributed by atoms with E-state index in [-0.39, 0.29) is 12.5 Å². The first-order chi connectivity index (χ1) is 8.56. The van der Waals surface area contributed by atoms with Gasteiger partial charge in [-0.25, -0.2) is 0 Å². The van der Waals surface area contributed by atoms with Crippen molar-refractivity contribution in [2.24, 2.45) is 0 Å². The van der Waals surface area contributed by atoms with Crippen LogP contribution in [0.5, 0.6) is 5.75 Å². The highest BCUT2D eigenvalue weighted by atomic mass is 16.5. The molecule has 0 unspecified atom stereocenters. The van der Waals surface area contributed by atoms with Gasteiger partial charge in [-0.15, -0.1) is 0 Å². The topological polar surface area (TPSA) is 58.6 Å². The standard InChI is InChI=1S/C14H19NO3/c1-9-3-6-12(10(2)16)13(7-9)18-8-14(17)15-11-4-5-11/h3,6-7,10-11,16H,4-5,8H2,1-2H3,(H,15,17)/t10-/m1/s1. The minimum atomic E-state index is -0.605. The van der Waals surface area contributed by atoms with E-state index in [4.69, 9.17) is 4.74 Å². The molecular formula is C14H19NO3. The summed E-state index contributed by atoms with van der Waals surface area (Å²) >= 11 is 0. The van der Waals surface area contributed by atoms with Crippen LogP contribution >= 0.6 is 0 Å². The Kier molecular flexibility index (Phi) is 3.87. The molecule has 1 aromatic rings. The van der Waals surface area contributed by atoms with Gasteiger partial charge in [0.2, 0.25) is 0 Å². The normalized spacial score (nSPS) is 16.2. The van der Waals surface area contributed by atoms with Gasteiger partial charge in [0.05, 0.1) is 6.10 Å². The summed E-state index contributed by atoms with van der Waals surface area (Å²) in [6.07, 6.45) is 1.52. The zero-order valence-electron chi connectivity index (χ0n) is 10.8. The summed E-state index contributed by atoms with van der Waals surface area (Å²) in [6.45, 7) is 3.63. The summed E-state index contributed by atoms with van der Waals surface area (Å²) in [7, 11) is 0. The van der Waals surface area contributed by atoms with Crippen LogP contribution in [0.1, 0.15) is 37.0 Å². The molecule has 0 aliphatic heterocycles. The first kappa shape index (κ1) is 12.9. The molecule has 0 heterocycles. The van der Waals surface area contributed by atoms with E-state index in [1.165, 1.54) is 0 Å². The van der Waals surface area contributed by atoms with Crippen molar-refractivity contribution < 1.29 is 14.6 Å². The quantitative estimate of drug-likeness (QED) is 0.835. The molecule has 1 aliphatic rings. The van der Waals surface area contributed by atoms with Crippen molar-refractivity contribution in [1.29, 1.82) is 0 Å². The van der Waals surface area contributed by atoms with Gasteiger partial charge < -0.3 is 15.2 Å². The second-order valence-corrected chi connectivity index (χ2v) is 4.85. The Labute approximate surface area is 107 Å². The molecule has 0 saturated heterocycles. The van der Waals surface area contributed by atoms with Crippen LogP contribution in [0.15, 0.2) is 18.2 Å². The molecule has 1 fully saturated rings. The molecule has 1 aliphatic carbocycles. The maximum absolute atomic E-state index is 11.5. The number of nitrogens with one attached hydrogen (secondary N) is 1. The number of ether oxygens (including phenoxy) is 1. The van der Waals surface area contributed by atoms with Crippen LogP contribution in [-0.4, -0.2) is 23.7 Å². The molecule has 18 heavy (non-hydrogen) atoms. The molecule has 0 bridgehead atoms. The van der Waals surface area contributed by atoms with E-state index in [1.54, 1.807) is 6.92 Å². The van der Waals surface area contributed by atoms with E-state index in [9.17, 15) is 9.90 Å². The first-order valence-electron chi connectivity index (χ1n) is 6.27. The number of carbonyl (C=O) groups is 1. The zero-order valence-corrected chi connectivity index (χ0v) is 10.8. The molecule has 2 rings (SSSR count). The Bertz CT molecular complexity index is 439. The Morgan fingerprint density at radius 1 is 1.56 bits per heavy atom. The lowest BCUT2D eigenvalue weighted by atomic mass is 10.1. The predicted molar refractivity (Wildman–Crippen MR) is 68.5 cm³/mol. The number of amides is 1. The number of aliphatic hydroxyl groups is 1. The molecule has 1 amide bonds. The van der Waals surface area contributed by atoms with Gasteiger partial charge in [0.25, 0.3) is 5.91 Å². The van der Waals surface area contributed by atoms with Crippen LogP contribution < -0.4 is 10.1 Å². The van der Waals surface area contributed by atoms with Crippen molar-refractivity contribution in [1.82, 2.24) is 5.32 Å². The molecule has 1 atom stereocenters. The fraction of sp³-hybridized carbons (Fsp3) is 0.500. The first-order valence-corrected chi connectivity index (χ1v) is 6.27. The Morgan fingerprint density at radius 3 is 2.89 bits per heavy atom. The summed E-state index contributed by atoms with van der Waals surface area (Å²) in [4.78, 5) is 11.5. The largest absolute Gasteiger partial charge is 0.483 e. The van der Waals surface area contributed by atoms with Crippen molar-refractivity contribution in [2.45, 2.75) is 38.8 Å². The van der Waals surface area contributed by atoms with E-state index >= 15 is 0 Å².